The summed E-state index contributed by atoms with van der Waals surface area (Å²) in [6, 6.07) is 7.50. The molecule has 0 aromatic heterocycles. The molecule has 0 saturated carbocycles. The monoisotopic (exact) mass is 278 g/mol. The molecule has 1 fully saturated rings. The predicted octanol–water partition coefficient (Wildman–Crippen LogP) is 0.688. The van der Waals surface area contributed by atoms with Crippen LogP contribution in [0.25, 0.3) is 0 Å². The number of benzene rings is 1. The molecule has 5 nitrogen and oxygen atoms in total. The van der Waals surface area contributed by atoms with Crippen LogP contribution in [-0.4, -0.2) is 48.8 Å². The van der Waals surface area contributed by atoms with E-state index in [1.54, 1.807) is 19.1 Å². The van der Waals surface area contributed by atoms with Crippen LogP contribution in [-0.2, 0) is 16.1 Å². The largest absolute Gasteiger partial charge is 0.464 e. The van der Waals surface area contributed by atoms with Crippen molar-refractivity contribution in [2.45, 2.75) is 19.6 Å². The van der Waals surface area contributed by atoms with E-state index >= 15 is 0 Å². The molecule has 1 saturated heterocycles. The van der Waals surface area contributed by atoms with E-state index in [9.17, 15) is 9.90 Å². The van der Waals surface area contributed by atoms with E-state index in [2.05, 4.69) is 10.2 Å². The first-order valence-electron chi connectivity index (χ1n) is 7.07. The number of carbonyl (C=O) groups excluding carboxylic acids is 1. The molecule has 1 atom stereocenters. The minimum absolute atomic E-state index is 0.275. The SMILES string of the molecule is CCOC(=O)C(O)c1ccc(CN2CCNCC2)cc1. The van der Waals surface area contributed by atoms with E-state index in [4.69, 9.17) is 4.74 Å². The second kappa shape index (κ2) is 7.38. The average Bonchev–Trinajstić information content (AvgIpc) is 2.48. The lowest BCUT2D eigenvalue weighted by Crippen LogP contribution is -2.42. The number of piperazine rings is 1. The van der Waals surface area contributed by atoms with Gasteiger partial charge in [-0.1, -0.05) is 24.3 Å². The first kappa shape index (κ1) is 15.0. The lowest BCUT2D eigenvalue weighted by Gasteiger charge is -2.27. The Balaban J connectivity index is 1.93. The molecule has 20 heavy (non-hydrogen) atoms. The molecule has 1 heterocycles. The molecule has 110 valence electrons. The Labute approximate surface area is 119 Å². The molecular weight excluding hydrogens is 256 g/mol. The smallest absolute Gasteiger partial charge is 0.339 e. The Morgan fingerprint density at radius 1 is 1.35 bits per heavy atom. The van der Waals surface area contributed by atoms with Gasteiger partial charge in [-0.2, -0.15) is 0 Å². The molecule has 1 aromatic rings. The number of nitrogens with one attached hydrogen (secondary N) is 1. The number of rotatable bonds is 5. The molecule has 0 aliphatic carbocycles. The molecular formula is C15H22N2O3. The van der Waals surface area contributed by atoms with Gasteiger partial charge in [0.15, 0.2) is 6.10 Å². The molecule has 1 aliphatic heterocycles. The highest BCUT2D eigenvalue weighted by Gasteiger charge is 2.18. The Morgan fingerprint density at radius 2 is 2.00 bits per heavy atom. The summed E-state index contributed by atoms with van der Waals surface area (Å²) in [5.41, 5.74) is 1.76. The summed E-state index contributed by atoms with van der Waals surface area (Å²) in [5.74, 6) is -0.595. The van der Waals surface area contributed by atoms with Crippen molar-refractivity contribution in [3.8, 4) is 0 Å². The Bertz CT molecular complexity index is 427. The number of aliphatic hydroxyl groups excluding tert-OH is 1. The quantitative estimate of drug-likeness (QED) is 0.776. The zero-order chi connectivity index (χ0) is 14.4. The standard InChI is InChI=1S/C15H22N2O3/c1-2-20-15(19)14(18)13-5-3-12(4-6-13)11-17-9-7-16-8-10-17/h3-6,14,16,18H,2,7-11H2,1H3. The van der Waals surface area contributed by atoms with Gasteiger partial charge in [0, 0.05) is 32.7 Å². The van der Waals surface area contributed by atoms with Crippen LogP contribution >= 0.6 is 0 Å². The molecule has 0 bridgehead atoms. The highest BCUT2D eigenvalue weighted by atomic mass is 16.5. The summed E-state index contributed by atoms with van der Waals surface area (Å²) in [6.07, 6.45) is -1.19. The first-order valence-corrected chi connectivity index (χ1v) is 7.07. The molecule has 0 radical (unpaired) electrons. The fourth-order valence-corrected chi connectivity index (χ4v) is 2.29. The molecule has 2 rings (SSSR count). The second-order valence-corrected chi connectivity index (χ2v) is 4.92. The maximum Gasteiger partial charge on any atom is 0.339 e. The van der Waals surface area contributed by atoms with Crippen molar-refractivity contribution in [1.29, 1.82) is 0 Å². The van der Waals surface area contributed by atoms with Gasteiger partial charge in [-0.25, -0.2) is 4.79 Å². The van der Waals surface area contributed by atoms with E-state index in [1.165, 1.54) is 5.56 Å². The second-order valence-electron chi connectivity index (χ2n) is 4.92. The summed E-state index contributed by atoms with van der Waals surface area (Å²) in [5, 5.41) is 13.2. The average molecular weight is 278 g/mol. The van der Waals surface area contributed by atoms with Gasteiger partial charge in [-0.05, 0) is 18.1 Å². The lowest BCUT2D eigenvalue weighted by atomic mass is 10.1. The number of carbonyl (C=O) groups is 1. The van der Waals surface area contributed by atoms with Gasteiger partial charge in [0.05, 0.1) is 6.61 Å². The van der Waals surface area contributed by atoms with Crippen LogP contribution in [0.15, 0.2) is 24.3 Å². The number of ether oxygens (including phenoxy) is 1. The van der Waals surface area contributed by atoms with E-state index in [0.29, 0.717) is 5.56 Å². The maximum atomic E-state index is 11.5. The third-order valence-electron chi connectivity index (χ3n) is 3.42. The summed E-state index contributed by atoms with van der Waals surface area (Å²) in [4.78, 5) is 13.8. The summed E-state index contributed by atoms with van der Waals surface area (Å²) < 4.78 is 4.81. The van der Waals surface area contributed by atoms with Gasteiger partial charge in [0.1, 0.15) is 0 Å². The minimum atomic E-state index is -1.19. The van der Waals surface area contributed by atoms with E-state index in [-0.39, 0.29) is 6.61 Å². The molecule has 1 aliphatic rings. The van der Waals surface area contributed by atoms with Crippen molar-refractivity contribution in [3.05, 3.63) is 35.4 Å². The van der Waals surface area contributed by atoms with Crippen molar-refractivity contribution in [3.63, 3.8) is 0 Å². The predicted molar refractivity (Wildman–Crippen MR) is 76.2 cm³/mol. The van der Waals surface area contributed by atoms with Gasteiger partial charge in [-0.15, -0.1) is 0 Å². The van der Waals surface area contributed by atoms with Gasteiger partial charge in [0.2, 0.25) is 0 Å². The maximum absolute atomic E-state index is 11.5. The van der Waals surface area contributed by atoms with Crippen molar-refractivity contribution < 1.29 is 14.6 Å². The number of aliphatic hydroxyl groups is 1. The third kappa shape index (κ3) is 4.03. The van der Waals surface area contributed by atoms with Crippen LogP contribution in [0.2, 0.25) is 0 Å². The van der Waals surface area contributed by atoms with Crippen LogP contribution in [0.4, 0.5) is 0 Å². The van der Waals surface area contributed by atoms with Crippen molar-refractivity contribution in [2.24, 2.45) is 0 Å². The summed E-state index contributed by atoms with van der Waals surface area (Å²) in [6.45, 7) is 7.05. The minimum Gasteiger partial charge on any atom is -0.464 e. The molecule has 5 heteroatoms. The normalized spacial score (nSPS) is 17.7. The Hall–Kier alpha value is -1.43. The Morgan fingerprint density at radius 3 is 2.60 bits per heavy atom. The highest BCUT2D eigenvalue weighted by Crippen LogP contribution is 2.16. The van der Waals surface area contributed by atoms with Crippen LogP contribution in [0.3, 0.4) is 0 Å². The summed E-state index contributed by atoms with van der Waals surface area (Å²) >= 11 is 0. The number of hydrogen-bond acceptors (Lipinski definition) is 5. The molecule has 1 aromatic carbocycles. The van der Waals surface area contributed by atoms with Crippen LogP contribution in [0.1, 0.15) is 24.2 Å². The van der Waals surface area contributed by atoms with E-state index in [0.717, 1.165) is 32.7 Å². The zero-order valence-corrected chi connectivity index (χ0v) is 11.8. The highest BCUT2D eigenvalue weighted by molar-refractivity contribution is 5.76. The van der Waals surface area contributed by atoms with Gasteiger partial charge in [0.25, 0.3) is 0 Å². The van der Waals surface area contributed by atoms with Crippen molar-refractivity contribution >= 4 is 5.97 Å². The van der Waals surface area contributed by atoms with Crippen molar-refractivity contribution in [1.82, 2.24) is 10.2 Å². The zero-order valence-electron chi connectivity index (χ0n) is 11.8. The molecule has 0 amide bonds. The number of nitrogens with zero attached hydrogens (tertiary/aromatic N) is 1. The fourth-order valence-electron chi connectivity index (χ4n) is 2.29. The van der Waals surface area contributed by atoms with Gasteiger partial charge >= 0.3 is 5.97 Å². The molecule has 1 unspecified atom stereocenters. The number of hydrogen-bond donors (Lipinski definition) is 2. The molecule has 0 spiro atoms. The lowest BCUT2D eigenvalue weighted by molar-refractivity contribution is -0.153. The van der Waals surface area contributed by atoms with Gasteiger partial charge < -0.3 is 15.2 Å². The number of esters is 1. The van der Waals surface area contributed by atoms with E-state index < -0.39 is 12.1 Å². The summed E-state index contributed by atoms with van der Waals surface area (Å²) in [7, 11) is 0. The molecule has 2 N–H and O–H groups in total. The van der Waals surface area contributed by atoms with Crippen LogP contribution < -0.4 is 5.32 Å². The first-order chi connectivity index (χ1) is 9.70. The van der Waals surface area contributed by atoms with Crippen LogP contribution in [0.5, 0.6) is 0 Å². The fraction of sp³-hybridized carbons (Fsp3) is 0.533. The van der Waals surface area contributed by atoms with E-state index in [1.807, 2.05) is 12.1 Å². The van der Waals surface area contributed by atoms with Gasteiger partial charge in [-0.3, -0.25) is 4.90 Å². The van der Waals surface area contributed by atoms with Crippen molar-refractivity contribution in [2.75, 3.05) is 32.8 Å². The topological polar surface area (TPSA) is 61.8 Å². The Kier molecular flexibility index (Phi) is 5.52. The van der Waals surface area contributed by atoms with Crippen LogP contribution in [0, 0.1) is 0 Å². The third-order valence-corrected chi connectivity index (χ3v) is 3.42.